The molecule has 1 aliphatic rings. The summed E-state index contributed by atoms with van der Waals surface area (Å²) in [5.41, 5.74) is 2.14. The minimum absolute atomic E-state index is 0.387. The zero-order valence-electron chi connectivity index (χ0n) is 12.8. The van der Waals surface area contributed by atoms with Crippen molar-refractivity contribution in [2.75, 3.05) is 6.54 Å². The minimum atomic E-state index is 0.387. The van der Waals surface area contributed by atoms with Crippen LogP contribution in [-0.2, 0) is 0 Å². The number of benzene rings is 1. The highest BCUT2D eigenvalue weighted by molar-refractivity contribution is 6.30. The SMILES string of the molecule is CCCNC(c1ccc(Cl)cc1)C1C(C)(C)C1(C)C. The van der Waals surface area contributed by atoms with Crippen LogP contribution in [-0.4, -0.2) is 6.54 Å². The van der Waals surface area contributed by atoms with Crippen LogP contribution in [0.5, 0.6) is 0 Å². The summed E-state index contributed by atoms with van der Waals surface area (Å²) in [7, 11) is 0. The smallest absolute Gasteiger partial charge is 0.0406 e. The highest BCUT2D eigenvalue weighted by Crippen LogP contribution is 2.72. The Morgan fingerprint density at radius 1 is 1.11 bits per heavy atom. The molecule has 0 spiro atoms. The second-order valence-corrected chi connectivity index (χ2v) is 7.34. The first kappa shape index (κ1) is 14.9. The van der Waals surface area contributed by atoms with Gasteiger partial charge < -0.3 is 5.32 Å². The van der Waals surface area contributed by atoms with Crippen LogP contribution in [0.3, 0.4) is 0 Å². The van der Waals surface area contributed by atoms with E-state index < -0.39 is 0 Å². The van der Waals surface area contributed by atoms with Crippen LogP contribution in [0, 0.1) is 16.7 Å². The van der Waals surface area contributed by atoms with Gasteiger partial charge in [0.1, 0.15) is 0 Å². The van der Waals surface area contributed by atoms with Crippen LogP contribution in [0.4, 0.5) is 0 Å². The van der Waals surface area contributed by atoms with Crippen molar-refractivity contribution in [1.82, 2.24) is 5.32 Å². The lowest BCUT2D eigenvalue weighted by molar-refractivity contribution is 0.410. The summed E-state index contributed by atoms with van der Waals surface area (Å²) >= 11 is 6.01. The second-order valence-electron chi connectivity index (χ2n) is 6.90. The van der Waals surface area contributed by atoms with E-state index in [4.69, 9.17) is 11.6 Å². The topological polar surface area (TPSA) is 12.0 Å². The summed E-state index contributed by atoms with van der Waals surface area (Å²) < 4.78 is 0. The van der Waals surface area contributed by atoms with Gasteiger partial charge in [-0.15, -0.1) is 0 Å². The van der Waals surface area contributed by atoms with Crippen molar-refractivity contribution >= 4 is 11.6 Å². The molecule has 1 fully saturated rings. The highest BCUT2D eigenvalue weighted by atomic mass is 35.5. The molecule has 0 heterocycles. The highest BCUT2D eigenvalue weighted by Gasteiger charge is 2.67. The molecule has 1 unspecified atom stereocenters. The molecule has 1 saturated carbocycles. The molecule has 0 radical (unpaired) electrons. The maximum Gasteiger partial charge on any atom is 0.0406 e. The monoisotopic (exact) mass is 279 g/mol. The molecular weight excluding hydrogens is 254 g/mol. The average Bonchev–Trinajstić information content (AvgIpc) is 2.74. The fourth-order valence-corrected chi connectivity index (χ4v) is 3.60. The first-order chi connectivity index (χ1) is 8.82. The molecule has 1 aliphatic carbocycles. The third-order valence-electron chi connectivity index (χ3n) is 5.31. The van der Waals surface area contributed by atoms with Crippen LogP contribution < -0.4 is 5.32 Å². The van der Waals surface area contributed by atoms with E-state index in [-0.39, 0.29) is 0 Å². The molecule has 1 aromatic rings. The molecule has 1 nitrogen and oxygen atoms in total. The van der Waals surface area contributed by atoms with Crippen molar-refractivity contribution in [2.24, 2.45) is 16.7 Å². The number of nitrogens with one attached hydrogen (secondary N) is 1. The fourth-order valence-electron chi connectivity index (χ4n) is 3.48. The predicted molar refractivity (Wildman–Crippen MR) is 83.5 cm³/mol. The Morgan fingerprint density at radius 2 is 1.63 bits per heavy atom. The van der Waals surface area contributed by atoms with E-state index >= 15 is 0 Å². The molecule has 0 saturated heterocycles. The fraction of sp³-hybridized carbons (Fsp3) is 0.647. The van der Waals surface area contributed by atoms with Crippen molar-refractivity contribution in [3.63, 3.8) is 0 Å². The summed E-state index contributed by atoms with van der Waals surface area (Å²) in [5.74, 6) is 0.674. The van der Waals surface area contributed by atoms with E-state index in [0.29, 0.717) is 22.8 Å². The van der Waals surface area contributed by atoms with Crippen molar-refractivity contribution < 1.29 is 0 Å². The molecule has 2 heteroatoms. The summed E-state index contributed by atoms with van der Waals surface area (Å²) in [4.78, 5) is 0. The van der Waals surface area contributed by atoms with Gasteiger partial charge in [0.15, 0.2) is 0 Å². The molecule has 1 atom stereocenters. The molecule has 106 valence electrons. The first-order valence-corrected chi connectivity index (χ1v) is 7.69. The largest absolute Gasteiger partial charge is 0.310 e. The van der Waals surface area contributed by atoms with Gasteiger partial charge in [0.2, 0.25) is 0 Å². The van der Waals surface area contributed by atoms with Crippen LogP contribution in [0.15, 0.2) is 24.3 Å². The molecule has 0 amide bonds. The number of rotatable bonds is 5. The van der Waals surface area contributed by atoms with E-state index in [1.54, 1.807) is 0 Å². The maximum absolute atomic E-state index is 6.01. The molecular formula is C17H26ClN. The summed E-state index contributed by atoms with van der Waals surface area (Å²) in [5, 5.41) is 4.55. The molecule has 0 aromatic heterocycles. The molecule has 0 aliphatic heterocycles. The number of hydrogen-bond acceptors (Lipinski definition) is 1. The number of hydrogen-bond donors (Lipinski definition) is 1. The zero-order valence-corrected chi connectivity index (χ0v) is 13.5. The predicted octanol–water partition coefficient (Wildman–Crippen LogP) is 5.06. The van der Waals surface area contributed by atoms with Crippen molar-refractivity contribution in [3.05, 3.63) is 34.9 Å². The van der Waals surface area contributed by atoms with Crippen LogP contribution in [0.2, 0.25) is 5.02 Å². The van der Waals surface area contributed by atoms with Crippen molar-refractivity contribution in [1.29, 1.82) is 0 Å². The van der Waals surface area contributed by atoms with Gasteiger partial charge in [-0.25, -0.2) is 0 Å². The Labute approximate surface area is 122 Å². The van der Waals surface area contributed by atoms with E-state index in [1.165, 1.54) is 5.56 Å². The van der Waals surface area contributed by atoms with E-state index in [1.807, 2.05) is 12.1 Å². The lowest BCUT2D eigenvalue weighted by Gasteiger charge is -2.21. The van der Waals surface area contributed by atoms with E-state index in [9.17, 15) is 0 Å². The summed E-state index contributed by atoms with van der Waals surface area (Å²) in [6.45, 7) is 12.8. The Hall–Kier alpha value is -0.530. The van der Waals surface area contributed by atoms with Crippen molar-refractivity contribution in [3.8, 4) is 0 Å². The second kappa shape index (κ2) is 5.10. The van der Waals surface area contributed by atoms with Gasteiger partial charge in [0, 0.05) is 11.1 Å². The Kier molecular flexibility index (Phi) is 3.99. The Morgan fingerprint density at radius 3 is 2.05 bits per heavy atom. The van der Waals surface area contributed by atoms with Gasteiger partial charge >= 0.3 is 0 Å². The molecule has 1 aromatic carbocycles. The summed E-state index contributed by atoms with van der Waals surface area (Å²) in [6.07, 6.45) is 1.16. The van der Waals surface area contributed by atoms with Gasteiger partial charge in [-0.05, 0) is 47.4 Å². The molecule has 1 N–H and O–H groups in total. The normalized spacial score (nSPS) is 22.2. The Balaban J connectivity index is 2.25. The van der Waals surface area contributed by atoms with Crippen LogP contribution in [0.25, 0.3) is 0 Å². The number of halogens is 1. The Bertz CT molecular complexity index is 419. The first-order valence-electron chi connectivity index (χ1n) is 7.31. The quantitative estimate of drug-likeness (QED) is 0.794. The average molecular weight is 280 g/mol. The lowest BCUT2D eigenvalue weighted by atomic mass is 9.96. The maximum atomic E-state index is 6.01. The van der Waals surface area contributed by atoms with Crippen LogP contribution >= 0.6 is 11.6 Å². The van der Waals surface area contributed by atoms with Gasteiger partial charge in [-0.2, -0.15) is 0 Å². The molecule has 2 rings (SSSR count). The van der Waals surface area contributed by atoms with Gasteiger partial charge in [-0.1, -0.05) is 58.4 Å². The van der Waals surface area contributed by atoms with E-state index in [2.05, 4.69) is 52.1 Å². The third kappa shape index (κ3) is 2.55. The van der Waals surface area contributed by atoms with Gasteiger partial charge in [0.25, 0.3) is 0 Å². The molecule has 19 heavy (non-hydrogen) atoms. The van der Waals surface area contributed by atoms with Gasteiger partial charge in [0.05, 0.1) is 0 Å². The minimum Gasteiger partial charge on any atom is -0.310 e. The molecule has 0 bridgehead atoms. The van der Waals surface area contributed by atoms with Gasteiger partial charge in [-0.3, -0.25) is 0 Å². The standard InChI is InChI=1S/C17H26ClN/c1-6-11-19-14(12-7-9-13(18)10-8-12)15-16(2,3)17(15,4)5/h7-10,14-15,19H,6,11H2,1-5H3. The zero-order chi connectivity index (χ0) is 14.3. The lowest BCUT2D eigenvalue weighted by Crippen LogP contribution is -2.26. The third-order valence-corrected chi connectivity index (χ3v) is 5.56. The van der Waals surface area contributed by atoms with Crippen molar-refractivity contribution in [2.45, 2.75) is 47.1 Å². The van der Waals surface area contributed by atoms with E-state index in [0.717, 1.165) is 18.0 Å². The summed E-state index contributed by atoms with van der Waals surface area (Å²) in [6, 6.07) is 8.77. The van der Waals surface area contributed by atoms with Crippen LogP contribution in [0.1, 0.15) is 52.6 Å².